The van der Waals surface area contributed by atoms with Crippen molar-refractivity contribution in [3.63, 3.8) is 0 Å². The van der Waals surface area contributed by atoms with Gasteiger partial charge in [0.15, 0.2) is 0 Å². The molecule has 154 valence electrons. The second kappa shape index (κ2) is 8.65. The van der Waals surface area contributed by atoms with Gasteiger partial charge in [-0.15, -0.1) is 0 Å². The summed E-state index contributed by atoms with van der Waals surface area (Å²) in [5, 5.41) is 3.63. The van der Waals surface area contributed by atoms with Crippen molar-refractivity contribution in [2.24, 2.45) is 0 Å². The number of pyridine rings is 2. The molecular formula is C24H18BrN3O3. The molecule has 0 atom stereocenters. The molecular weight excluding hydrogens is 458 g/mol. The Morgan fingerprint density at radius 3 is 2.58 bits per heavy atom. The number of methoxy groups -OCH3 is 1. The molecule has 0 fully saturated rings. The third-order valence-electron chi connectivity index (χ3n) is 4.85. The van der Waals surface area contributed by atoms with Crippen LogP contribution in [0.5, 0.6) is 0 Å². The molecule has 6 nitrogen and oxygen atoms in total. The Bertz CT molecular complexity index is 1310. The van der Waals surface area contributed by atoms with Crippen molar-refractivity contribution >= 4 is 44.4 Å². The minimum atomic E-state index is -0.466. The van der Waals surface area contributed by atoms with Gasteiger partial charge in [-0.1, -0.05) is 28.1 Å². The maximum atomic E-state index is 13.3. The Morgan fingerprint density at radius 2 is 1.84 bits per heavy atom. The maximum Gasteiger partial charge on any atom is 0.337 e. The van der Waals surface area contributed by atoms with Gasteiger partial charge >= 0.3 is 5.97 Å². The van der Waals surface area contributed by atoms with Gasteiger partial charge in [-0.25, -0.2) is 9.78 Å². The molecule has 0 radical (unpaired) electrons. The lowest BCUT2D eigenvalue weighted by molar-refractivity contribution is 0.0600. The van der Waals surface area contributed by atoms with Gasteiger partial charge in [0.05, 0.1) is 35.1 Å². The number of aryl methyl sites for hydroxylation is 1. The van der Waals surface area contributed by atoms with Gasteiger partial charge in [-0.05, 0) is 61.0 Å². The first-order chi connectivity index (χ1) is 15.0. The van der Waals surface area contributed by atoms with Crippen molar-refractivity contribution < 1.29 is 14.3 Å². The van der Waals surface area contributed by atoms with Crippen LogP contribution in [0.15, 0.2) is 71.3 Å². The molecule has 4 aromatic rings. The number of anilines is 1. The number of nitrogens with one attached hydrogen (secondary N) is 1. The van der Waals surface area contributed by atoms with E-state index in [2.05, 4.69) is 31.2 Å². The highest BCUT2D eigenvalue weighted by atomic mass is 79.9. The summed E-state index contributed by atoms with van der Waals surface area (Å²) in [5.41, 5.74) is 4.12. The van der Waals surface area contributed by atoms with Gasteiger partial charge < -0.3 is 10.1 Å². The lowest BCUT2D eigenvalue weighted by Crippen LogP contribution is -2.15. The van der Waals surface area contributed by atoms with Gasteiger partial charge in [0.25, 0.3) is 5.91 Å². The van der Waals surface area contributed by atoms with E-state index in [9.17, 15) is 9.59 Å². The SMILES string of the molecule is COC(=O)c1ccc(C)c(NC(=O)c2cc(-c3ccccn3)nc3ccc(Br)cc23)c1. The van der Waals surface area contributed by atoms with Gasteiger partial charge in [0, 0.05) is 21.7 Å². The van der Waals surface area contributed by atoms with Gasteiger partial charge in [0.1, 0.15) is 0 Å². The molecule has 31 heavy (non-hydrogen) atoms. The minimum Gasteiger partial charge on any atom is -0.465 e. The number of hydrogen-bond acceptors (Lipinski definition) is 5. The van der Waals surface area contributed by atoms with E-state index >= 15 is 0 Å². The van der Waals surface area contributed by atoms with Crippen molar-refractivity contribution in [2.75, 3.05) is 12.4 Å². The Kier molecular flexibility index (Phi) is 5.77. The van der Waals surface area contributed by atoms with Crippen LogP contribution in [0, 0.1) is 6.92 Å². The first-order valence-electron chi connectivity index (χ1n) is 9.48. The van der Waals surface area contributed by atoms with Gasteiger partial charge in [0.2, 0.25) is 0 Å². The highest BCUT2D eigenvalue weighted by molar-refractivity contribution is 9.10. The molecule has 0 aliphatic carbocycles. The van der Waals surface area contributed by atoms with E-state index < -0.39 is 5.97 Å². The minimum absolute atomic E-state index is 0.312. The Hall–Kier alpha value is -3.58. The van der Waals surface area contributed by atoms with Crippen LogP contribution in [-0.4, -0.2) is 29.0 Å². The summed E-state index contributed by atoms with van der Waals surface area (Å²) in [6.45, 7) is 1.86. The molecule has 1 N–H and O–H groups in total. The van der Waals surface area contributed by atoms with Crippen molar-refractivity contribution in [3.05, 3.63) is 88.0 Å². The van der Waals surface area contributed by atoms with Crippen LogP contribution < -0.4 is 5.32 Å². The standard InChI is InChI=1S/C24H18BrN3O3/c1-14-6-7-15(24(30)31-2)11-21(14)28-23(29)18-13-22(20-5-3-4-10-26-20)27-19-9-8-16(25)12-17(18)19/h3-13H,1-2H3,(H,28,29). The largest absolute Gasteiger partial charge is 0.465 e. The van der Waals surface area contributed by atoms with E-state index in [1.807, 2.05) is 43.3 Å². The number of halogens is 1. The highest BCUT2D eigenvalue weighted by Gasteiger charge is 2.17. The van der Waals surface area contributed by atoms with E-state index in [1.165, 1.54) is 7.11 Å². The molecule has 2 aromatic heterocycles. The van der Waals surface area contributed by atoms with E-state index in [0.29, 0.717) is 39.1 Å². The predicted octanol–water partition coefficient (Wildman–Crippen LogP) is 5.41. The van der Waals surface area contributed by atoms with Crippen LogP contribution in [0.25, 0.3) is 22.3 Å². The molecule has 4 rings (SSSR count). The highest BCUT2D eigenvalue weighted by Crippen LogP contribution is 2.28. The third kappa shape index (κ3) is 4.32. The third-order valence-corrected chi connectivity index (χ3v) is 5.34. The molecule has 1 amide bonds. The van der Waals surface area contributed by atoms with Crippen LogP contribution in [0.1, 0.15) is 26.3 Å². The molecule has 7 heteroatoms. The Balaban J connectivity index is 1.80. The number of fused-ring (bicyclic) bond motifs is 1. The Morgan fingerprint density at radius 1 is 1.00 bits per heavy atom. The fourth-order valence-electron chi connectivity index (χ4n) is 3.22. The molecule has 0 unspecified atom stereocenters. The number of rotatable bonds is 4. The maximum absolute atomic E-state index is 13.3. The molecule has 2 aromatic carbocycles. The number of amides is 1. The second-order valence-electron chi connectivity index (χ2n) is 6.91. The number of ether oxygens (including phenoxy) is 1. The summed E-state index contributed by atoms with van der Waals surface area (Å²) in [4.78, 5) is 34.3. The summed E-state index contributed by atoms with van der Waals surface area (Å²) < 4.78 is 5.62. The van der Waals surface area contributed by atoms with Crippen molar-refractivity contribution in [1.82, 2.24) is 9.97 Å². The molecule has 0 aliphatic heterocycles. The van der Waals surface area contributed by atoms with E-state index in [-0.39, 0.29) is 5.91 Å². The van der Waals surface area contributed by atoms with Crippen LogP contribution in [0.4, 0.5) is 5.69 Å². The van der Waals surface area contributed by atoms with Crippen molar-refractivity contribution in [1.29, 1.82) is 0 Å². The Labute approximate surface area is 187 Å². The van der Waals surface area contributed by atoms with E-state index in [0.717, 1.165) is 10.0 Å². The topological polar surface area (TPSA) is 81.2 Å². The van der Waals surface area contributed by atoms with Crippen LogP contribution in [0.2, 0.25) is 0 Å². The number of esters is 1. The fourth-order valence-corrected chi connectivity index (χ4v) is 3.58. The summed E-state index contributed by atoms with van der Waals surface area (Å²) >= 11 is 3.47. The molecule has 0 saturated carbocycles. The normalized spacial score (nSPS) is 10.7. The fraction of sp³-hybridized carbons (Fsp3) is 0.0833. The first kappa shape index (κ1) is 20.7. The average Bonchev–Trinajstić information content (AvgIpc) is 2.79. The number of hydrogen-bond donors (Lipinski definition) is 1. The molecule has 0 spiro atoms. The van der Waals surface area contributed by atoms with Gasteiger partial charge in [-0.2, -0.15) is 0 Å². The zero-order valence-corrected chi connectivity index (χ0v) is 18.4. The lowest BCUT2D eigenvalue weighted by atomic mass is 10.0. The van der Waals surface area contributed by atoms with Crippen molar-refractivity contribution in [3.8, 4) is 11.4 Å². The van der Waals surface area contributed by atoms with Crippen LogP contribution in [0.3, 0.4) is 0 Å². The quantitative estimate of drug-likeness (QED) is 0.399. The number of benzene rings is 2. The van der Waals surface area contributed by atoms with Gasteiger partial charge in [-0.3, -0.25) is 9.78 Å². The molecule has 0 bridgehead atoms. The molecule has 0 aliphatic rings. The lowest BCUT2D eigenvalue weighted by Gasteiger charge is -2.13. The number of carbonyl (C=O) groups excluding carboxylic acids is 2. The summed E-state index contributed by atoms with van der Waals surface area (Å²) in [5.74, 6) is -0.779. The summed E-state index contributed by atoms with van der Waals surface area (Å²) in [6.07, 6.45) is 1.68. The first-order valence-corrected chi connectivity index (χ1v) is 10.3. The number of carbonyl (C=O) groups is 2. The smallest absolute Gasteiger partial charge is 0.337 e. The predicted molar refractivity (Wildman–Crippen MR) is 123 cm³/mol. The number of nitrogens with zero attached hydrogens (tertiary/aromatic N) is 2. The van der Waals surface area contributed by atoms with Crippen molar-refractivity contribution in [2.45, 2.75) is 6.92 Å². The van der Waals surface area contributed by atoms with E-state index in [4.69, 9.17) is 4.74 Å². The molecule has 2 heterocycles. The van der Waals surface area contributed by atoms with E-state index in [1.54, 1.807) is 30.5 Å². The number of aromatic nitrogens is 2. The second-order valence-corrected chi connectivity index (χ2v) is 7.82. The summed E-state index contributed by atoms with van der Waals surface area (Å²) in [6, 6.07) is 17.9. The zero-order valence-electron chi connectivity index (χ0n) is 16.8. The molecule has 0 saturated heterocycles. The zero-order chi connectivity index (χ0) is 22.0. The van der Waals surface area contributed by atoms with Crippen LogP contribution >= 0.6 is 15.9 Å². The monoisotopic (exact) mass is 475 g/mol. The van der Waals surface area contributed by atoms with Crippen LogP contribution in [-0.2, 0) is 4.74 Å². The average molecular weight is 476 g/mol. The summed E-state index contributed by atoms with van der Waals surface area (Å²) in [7, 11) is 1.32.